The zero-order chi connectivity index (χ0) is 15.5. The predicted molar refractivity (Wildman–Crippen MR) is 81.4 cm³/mol. The van der Waals surface area contributed by atoms with Crippen molar-refractivity contribution in [3.05, 3.63) is 24.5 Å². The molecule has 2 aromatic rings. The Balaban J connectivity index is 2.03. The number of fused-ring (bicyclic) bond motifs is 1. The minimum absolute atomic E-state index is 0.0911. The summed E-state index contributed by atoms with van der Waals surface area (Å²) >= 11 is 0. The van der Waals surface area contributed by atoms with Crippen molar-refractivity contribution in [2.45, 2.75) is 31.6 Å². The third kappa shape index (κ3) is 3.81. The molecule has 2 heterocycles. The highest BCUT2D eigenvalue weighted by molar-refractivity contribution is 7.89. The molecule has 7 heteroatoms. The Morgan fingerprint density at radius 1 is 1.43 bits per heavy atom. The van der Waals surface area contributed by atoms with Gasteiger partial charge in [-0.15, -0.1) is 0 Å². The molecule has 0 spiro atoms. The molecular weight excluding hydrogens is 290 g/mol. The summed E-state index contributed by atoms with van der Waals surface area (Å²) in [6.45, 7) is 4.34. The number of aliphatic hydroxyl groups excluding tert-OH is 1. The lowest BCUT2D eigenvalue weighted by Crippen LogP contribution is -2.26. The van der Waals surface area contributed by atoms with Crippen molar-refractivity contribution >= 4 is 21.1 Å². The third-order valence-corrected chi connectivity index (χ3v) is 4.95. The average Bonchev–Trinajstić information content (AvgIpc) is 2.88. The summed E-state index contributed by atoms with van der Waals surface area (Å²) in [5.41, 5.74) is 0.371. The maximum Gasteiger partial charge on any atom is 0.242 e. The van der Waals surface area contributed by atoms with Crippen molar-refractivity contribution in [1.29, 1.82) is 0 Å². The van der Waals surface area contributed by atoms with Gasteiger partial charge in [-0.3, -0.25) is 0 Å². The van der Waals surface area contributed by atoms with E-state index in [-0.39, 0.29) is 16.9 Å². The van der Waals surface area contributed by atoms with Crippen LogP contribution in [0.25, 0.3) is 11.0 Å². The molecule has 0 atom stereocenters. The summed E-state index contributed by atoms with van der Waals surface area (Å²) < 4.78 is 27.2. The average molecular weight is 311 g/mol. The van der Waals surface area contributed by atoms with Crippen molar-refractivity contribution in [3.63, 3.8) is 0 Å². The Labute approximate surface area is 124 Å². The number of nitrogens with zero attached hydrogens (tertiary/aromatic N) is 1. The van der Waals surface area contributed by atoms with Gasteiger partial charge in [0.15, 0.2) is 0 Å². The van der Waals surface area contributed by atoms with Gasteiger partial charge in [0.05, 0.1) is 0 Å². The van der Waals surface area contributed by atoms with Gasteiger partial charge in [0.25, 0.3) is 0 Å². The van der Waals surface area contributed by atoms with E-state index in [2.05, 4.69) is 14.7 Å². The molecule has 0 aromatic carbocycles. The summed E-state index contributed by atoms with van der Waals surface area (Å²) in [7, 11) is -3.55. The lowest BCUT2D eigenvalue weighted by Gasteiger charge is -2.21. The number of hydrogen-bond acceptors (Lipinski definition) is 4. The monoisotopic (exact) mass is 311 g/mol. The van der Waals surface area contributed by atoms with Gasteiger partial charge >= 0.3 is 0 Å². The lowest BCUT2D eigenvalue weighted by atomic mass is 9.89. The van der Waals surface area contributed by atoms with Crippen molar-refractivity contribution in [2.24, 2.45) is 5.41 Å². The van der Waals surface area contributed by atoms with E-state index >= 15 is 0 Å². The van der Waals surface area contributed by atoms with Crippen LogP contribution < -0.4 is 4.72 Å². The summed E-state index contributed by atoms with van der Waals surface area (Å²) in [5.74, 6) is 0. The van der Waals surface area contributed by atoms with Crippen molar-refractivity contribution in [3.8, 4) is 0 Å². The van der Waals surface area contributed by atoms with E-state index in [4.69, 9.17) is 0 Å². The van der Waals surface area contributed by atoms with E-state index in [1.165, 1.54) is 6.20 Å². The highest BCUT2D eigenvalue weighted by Gasteiger charge is 2.20. The van der Waals surface area contributed by atoms with Gasteiger partial charge in [-0.25, -0.2) is 18.1 Å². The Morgan fingerprint density at radius 2 is 2.19 bits per heavy atom. The molecule has 21 heavy (non-hydrogen) atoms. The number of sulfonamides is 1. The summed E-state index contributed by atoms with van der Waals surface area (Å²) in [5, 5.41) is 9.76. The molecule has 0 bridgehead atoms. The lowest BCUT2D eigenvalue weighted by molar-refractivity contribution is 0.148. The fraction of sp³-hybridized carbons (Fsp3) is 0.500. The molecule has 0 saturated carbocycles. The van der Waals surface area contributed by atoms with Gasteiger partial charge in [-0.05, 0) is 30.4 Å². The minimum atomic E-state index is -3.55. The normalized spacial score (nSPS) is 12.9. The maximum absolute atomic E-state index is 12.3. The van der Waals surface area contributed by atoms with Gasteiger partial charge < -0.3 is 10.1 Å². The summed E-state index contributed by atoms with van der Waals surface area (Å²) in [6, 6.07) is 3.43. The number of aromatic amines is 1. The van der Waals surface area contributed by atoms with E-state index in [0.29, 0.717) is 24.0 Å². The first kappa shape index (κ1) is 15.9. The summed E-state index contributed by atoms with van der Waals surface area (Å²) in [6.07, 6.45) is 4.49. The molecule has 0 aliphatic rings. The van der Waals surface area contributed by atoms with E-state index in [0.717, 1.165) is 6.42 Å². The Bertz CT molecular complexity index is 707. The zero-order valence-electron chi connectivity index (χ0n) is 12.3. The quantitative estimate of drug-likeness (QED) is 0.677. The number of aliphatic hydroxyl groups is 1. The fourth-order valence-electron chi connectivity index (χ4n) is 2.08. The first-order valence-corrected chi connectivity index (χ1v) is 8.37. The second-order valence-electron chi connectivity index (χ2n) is 5.88. The van der Waals surface area contributed by atoms with Crippen LogP contribution in [0.5, 0.6) is 0 Å². The van der Waals surface area contributed by atoms with Crippen molar-refractivity contribution < 1.29 is 13.5 Å². The topological polar surface area (TPSA) is 95.1 Å². The highest BCUT2D eigenvalue weighted by atomic mass is 32.2. The molecule has 0 aliphatic heterocycles. The van der Waals surface area contributed by atoms with Gasteiger partial charge in [0, 0.05) is 30.9 Å². The van der Waals surface area contributed by atoms with Crippen molar-refractivity contribution in [2.75, 3.05) is 13.2 Å². The second-order valence-corrected chi connectivity index (χ2v) is 7.61. The van der Waals surface area contributed by atoms with Gasteiger partial charge in [0.2, 0.25) is 10.0 Å². The van der Waals surface area contributed by atoms with Crippen LogP contribution >= 0.6 is 0 Å². The smallest absolute Gasteiger partial charge is 0.242 e. The van der Waals surface area contributed by atoms with Gasteiger partial charge in [-0.2, -0.15) is 0 Å². The molecule has 0 amide bonds. The number of aromatic nitrogens is 2. The molecule has 0 unspecified atom stereocenters. The van der Waals surface area contributed by atoms with E-state index in [9.17, 15) is 13.5 Å². The van der Waals surface area contributed by atoms with E-state index in [1.54, 1.807) is 18.3 Å². The molecule has 0 radical (unpaired) electrons. The molecular formula is C14H21N3O3S. The fourth-order valence-corrected chi connectivity index (χ4v) is 3.32. The molecule has 0 saturated heterocycles. The third-order valence-electron chi connectivity index (χ3n) is 3.45. The summed E-state index contributed by atoms with van der Waals surface area (Å²) in [4.78, 5) is 7.15. The second kappa shape index (κ2) is 6.13. The molecule has 0 fully saturated rings. The number of hydrogen-bond donors (Lipinski definition) is 3. The van der Waals surface area contributed by atoms with Gasteiger partial charge in [-0.1, -0.05) is 13.8 Å². The van der Waals surface area contributed by atoms with Crippen LogP contribution in [-0.4, -0.2) is 36.6 Å². The Morgan fingerprint density at radius 3 is 2.90 bits per heavy atom. The van der Waals surface area contributed by atoms with Crippen LogP contribution in [0, 0.1) is 5.41 Å². The first-order valence-electron chi connectivity index (χ1n) is 6.88. The Kier molecular flexibility index (Phi) is 4.65. The largest absolute Gasteiger partial charge is 0.396 e. The van der Waals surface area contributed by atoms with Crippen LogP contribution in [0.2, 0.25) is 0 Å². The Hall–Kier alpha value is -1.44. The molecule has 0 aliphatic carbocycles. The van der Waals surface area contributed by atoms with Crippen LogP contribution in [0.1, 0.15) is 26.7 Å². The van der Waals surface area contributed by atoms with Crippen LogP contribution in [0.3, 0.4) is 0 Å². The predicted octanol–water partition coefficient (Wildman–Crippen LogP) is 1.64. The first-order chi connectivity index (χ1) is 9.86. The highest BCUT2D eigenvalue weighted by Crippen LogP contribution is 2.22. The molecule has 2 aromatic heterocycles. The van der Waals surface area contributed by atoms with Crippen LogP contribution in [-0.2, 0) is 10.0 Å². The van der Waals surface area contributed by atoms with E-state index in [1.807, 2.05) is 13.8 Å². The molecule has 2 rings (SSSR count). The zero-order valence-corrected chi connectivity index (χ0v) is 13.1. The number of H-pyrrole nitrogens is 1. The minimum Gasteiger partial charge on any atom is -0.396 e. The molecule has 3 N–H and O–H groups in total. The number of nitrogens with one attached hydrogen (secondary N) is 2. The maximum atomic E-state index is 12.3. The SMILES string of the molecule is CC(C)(CO)CCCNS(=O)(=O)c1c[nH]c2ncccc12. The van der Waals surface area contributed by atoms with Crippen LogP contribution in [0.15, 0.2) is 29.4 Å². The van der Waals surface area contributed by atoms with Crippen molar-refractivity contribution in [1.82, 2.24) is 14.7 Å². The molecule has 6 nitrogen and oxygen atoms in total. The van der Waals surface area contributed by atoms with Crippen LogP contribution in [0.4, 0.5) is 0 Å². The number of rotatable bonds is 7. The van der Waals surface area contributed by atoms with Gasteiger partial charge in [0.1, 0.15) is 10.5 Å². The number of pyridine rings is 1. The molecule has 116 valence electrons. The van der Waals surface area contributed by atoms with E-state index < -0.39 is 10.0 Å². The standard InChI is InChI=1S/C14H21N3O3S/c1-14(2,10-18)6-4-8-17-21(19,20)12-9-16-13-11(12)5-3-7-15-13/h3,5,7,9,17-18H,4,6,8,10H2,1-2H3,(H,15,16).